The Morgan fingerprint density at radius 1 is 1.08 bits per heavy atom. The summed E-state index contributed by atoms with van der Waals surface area (Å²) in [4.78, 5) is 15.2. The van der Waals surface area contributed by atoms with Crippen LogP contribution in [-0.2, 0) is 0 Å². The van der Waals surface area contributed by atoms with E-state index in [4.69, 9.17) is 14.8 Å². The number of rotatable bonds is 7. The summed E-state index contributed by atoms with van der Waals surface area (Å²) in [6, 6.07) is 14.2. The molecule has 1 saturated heterocycles. The van der Waals surface area contributed by atoms with Gasteiger partial charge in [0.05, 0.1) is 27.3 Å². The van der Waals surface area contributed by atoms with Crippen molar-refractivity contribution in [3.63, 3.8) is 0 Å². The highest BCUT2D eigenvalue weighted by atomic mass is 32.1. The van der Waals surface area contributed by atoms with Crippen LogP contribution in [0, 0.1) is 6.92 Å². The number of fused-ring (bicyclic) bond motifs is 1. The zero-order chi connectivity index (χ0) is 24.5. The van der Waals surface area contributed by atoms with Crippen molar-refractivity contribution in [1.29, 1.82) is 0 Å². The van der Waals surface area contributed by atoms with E-state index < -0.39 is 0 Å². The molecule has 5 heterocycles. The molecular formula is C27H32N8OS. The first-order chi connectivity index (χ1) is 17.7. The molecule has 1 aromatic carbocycles. The standard InChI is InChI=1S/C26H28N8OS.CH4/c1-18-22(26-29-23(19-6-4-3-5-7-19)24(36-26)25-27-17-28-30-25)21-16-20(8-9-34(21)31-18)35-15-14-33-12-10-32(2)11-13-33;/h3-9,16-17H,10-15H2,1-2H3,(H,27,28,30);1H4. The highest BCUT2D eigenvalue weighted by Crippen LogP contribution is 2.41. The summed E-state index contributed by atoms with van der Waals surface area (Å²) in [5.74, 6) is 1.55. The summed E-state index contributed by atoms with van der Waals surface area (Å²) in [7, 11) is 2.17. The summed E-state index contributed by atoms with van der Waals surface area (Å²) in [5.41, 5.74) is 4.82. The number of aromatic amines is 1. The second-order valence-corrected chi connectivity index (χ2v) is 10.0. The Morgan fingerprint density at radius 3 is 2.65 bits per heavy atom. The number of aromatic nitrogens is 6. The van der Waals surface area contributed by atoms with E-state index in [1.165, 1.54) is 6.33 Å². The van der Waals surface area contributed by atoms with Crippen LogP contribution in [0.2, 0.25) is 0 Å². The van der Waals surface area contributed by atoms with Crippen molar-refractivity contribution >= 4 is 16.9 Å². The van der Waals surface area contributed by atoms with Crippen LogP contribution < -0.4 is 4.74 Å². The Bertz CT molecular complexity index is 1450. The summed E-state index contributed by atoms with van der Waals surface area (Å²) in [6.07, 6.45) is 3.48. The van der Waals surface area contributed by atoms with E-state index in [0.29, 0.717) is 12.4 Å². The monoisotopic (exact) mass is 516 g/mol. The molecule has 4 aromatic heterocycles. The average Bonchev–Trinajstić information content (AvgIpc) is 3.64. The highest BCUT2D eigenvalue weighted by Gasteiger charge is 2.22. The third kappa shape index (κ3) is 5.13. The van der Waals surface area contributed by atoms with Crippen LogP contribution in [0.5, 0.6) is 5.75 Å². The lowest BCUT2D eigenvalue weighted by atomic mass is 10.1. The quantitative estimate of drug-likeness (QED) is 0.341. The van der Waals surface area contributed by atoms with Crippen molar-refractivity contribution in [3.8, 4) is 38.3 Å². The SMILES string of the molecule is C.Cc1nn2ccc(OCCN3CCN(C)CC3)cc2c1-c1nc(-c2ccccc2)c(-c2ncn[nH]2)s1. The lowest BCUT2D eigenvalue weighted by molar-refractivity contribution is 0.134. The number of aryl methyl sites for hydroxylation is 1. The fourth-order valence-corrected chi connectivity index (χ4v) is 5.70. The first kappa shape index (κ1) is 25.1. The molecule has 37 heavy (non-hydrogen) atoms. The second-order valence-electron chi connectivity index (χ2n) is 9.04. The Balaban J connectivity index is 0.00000280. The molecule has 0 unspecified atom stereocenters. The van der Waals surface area contributed by atoms with E-state index >= 15 is 0 Å². The van der Waals surface area contributed by atoms with Crippen LogP contribution >= 0.6 is 11.3 Å². The fraction of sp³-hybridized carbons (Fsp3) is 0.333. The van der Waals surface area contributed by atoms with Crippen molar-refractivity contribution < 1.29 is 4.74 Å². The molecule has 0 aliphatic carbocycles. The molecule has 192 valence electrons. The van der Waals surface area contributed by atoms with E-state index in [9.17, 15) is 0 Å². The van der Waals surface area contributed by atoms with Crippen LogP contribution in [0.15, 0.2) is 55.0 Å². The predicted octanol–water partition coefficient (Wildman–Crippen LogP) is 4.48. The number of benzene rings is 1. The van der Waals surface area contributed by atoms with Crippen molar-refractivity contribution in [1.82, 2.24) is 39.6 Å². The van der Waals surface area contributed by atoms with Gasteiger partial charge in [0.25, 0.3) is 0 Å². The highest BCUT2D eigenvalue weighted by molar-refractivity contribution is 7.19. The molecule has 0 saturated carbocycles. The van der Waals surface area contributed by atoms with Gasteiger partial charge in [-0.25, -0.2) is 14.5 Å². The lowest BCUT2D eigenvalue weighted by Crippen LogP contribution is -2.45. The number of H-pyrrole nitrogens is 1. The smallest absolute Gasteiger partial charge is 0.167 e. The molecular weight excluding hydrogens is 484 g/mol. The number of thiazole rings is 1. The zero-order valence-electron chi connectivity index (χ0n) is 20.4. The van der Waals surface area contributed by atoms with E-state index in [1.807, 2.05) is 41.9 Å². The third-order valence-electron chi connectivity index (χ3n) is 6.57. The normalized spacial score (nSPS) is 14.6. The van der Waals surface area contributed by atoms with E-state index in [-0.39, 0.29) is 7.43 Å². The molecule has 10 heteroatoms. The number of ether oxygens (including phenoxy) is 1. The van der Waals surface area contributed by atoms with Gasteiger partial charge in [0.1, 0.15) is 23.7 Å². The van der Waals surface area contributed by atoms with E-state index in [2.05, 4.69) is 50.2 Å². The van der Waals surface area contributed by atoms with E-state index in [0.717, 1.165) is 76.4 Å². The van der Waals surface area contributed by atoms with Gasteiger partial charge in [-0.05, 0) is 20.0 Å². The van der Waals surface area contributed by atoms with Gasteiger partial charge >= 0.3 is 0 Å². The molecule has 1 N–H and O–H groups in total. The Kier molecular flexibility index (Phi) is 7.31. The lowest BCUT2D eigenvalue weighted by Gasteiger charge is -2.32. The molecule has 0 amide bonds. The maximum atomic E-state index is 6.16. The van der Waals surface area contributed by atoms with Crippen molar-refractivity contribution in [3.05, 3.63) is 60.7 Å². The van der Waals surface area contributed by atoms with Gasteiger partial charge in [-0.1, -0.05) is 37.8 Å². The molecule has 6 rings (SSSR count). The molecule has 0 atom stereocenters. The molecule has 0 bridgehead atoms. The molecule has 1 aliphatic rings. The second kappa shape index (κ2) is 10.8. The van der Waals surface area contributed by atoms with Gasteiger partial charge in [0.15, 0.2) is 5.82 Å². The molecule has 1 aliphatic heterocycles. The average molecular weight is 517 g/mol. The number of nitrogens with one attached hydrogen (secondary N) is 1. The van der Waals surface area contributed by atoms with Gasteiger partial charge in [-0.15, -0.1) is 11.3 Å². The zero-order valence-corrected chi connectivity index (χ0v) is 21.2. The third-order valence-corrected chi connectivity index (χ3v) is 7.65. The van der Waals surface area contributed by atoms with E-state index in [1.54, 1.807) is 11.3 Å². The summed E-state index contributed by atoms with van der Waals surface area (Å²) in [6.45, 7) is 8.01. The predicted molar refractivity (Wildman–Crippen MR) is 148 cm³/mol. The van der Waals surface area contributed by atoms with Gasteiger partial charge < -0.3 is 9.64 Å². The largest absolute Gasteiger partial charge is 0.492 e. The van der Waals surface area contributed by atoms with Crippen molar-refractivity contribution in [2.24, 2.45) is 0 Å². The number of piperazine rings is 1. The van der Waals surface area contributed by atoms with Crippen LogP contribution in [0.25, 0.3) is 38.0 Å². The van der Waals surface area contributed by atoms with Crippen LogP contribution in [0.1, 0.15) is 13.1 Å². The minimum Gasteiger partial charge on any atom is -0.492 e. The van der Waals surface area contributed by atoms with Crippen LogP contribution in [0.3, 0.4) is 0 Å². The van der Waals surface area contributed by atoms with Gasteiger partial charge in [0, 0.05) is 50.6 Å². The molecule has 5 aromatic rings. The Labute approximate surface area is 220 Å². The number of nitrogens with zero attached hydrogens (tertiary/aromatic N) is 7. The molecule has 9 nitrogen and oxygen atoms in total. The number of hydrogen-bond acceptors (Lipinski definition) is 8. The summed E-state index contributed by atoms with van der Waals surface area (Å²) < 4.78 is 8.06. The van der Waals surface area contributed by atoms with Crippen LogP contribution in [0.4, 0.5) is 0 Å². The number of likely N-dealkylation sites (N-methyl/N-ethyl adjacent to an activating group) is 1. The maximum absolute atomic E-state index is 6.16. The van der Waals surface area contributed by atoms with Crippen molar-refractivity contribution in [2.75, 3.05) is 46.4 Å². The number of hydrogen-bond donors (Lipinski definition) is 1. The topological polar surface area (TPSA) is 87.5 Å². The first-order valence-electron chi connectivity index (χ1n) is 12.1. The fourth-order valence-electron chi connectivity index (χ4n) is 4.56. The number of pyridine rings is 1. The Morgan fingerprint density at radius 2 is 1.89 bits per heavy atom. The van der Waals surface area contributed by atoms with Crippen molar-refractivity contribution in [2.45, 2.75) is 14.4 Å². The summed E-state index contributed by atoms with van der Waals surface area (Å²) in [5, 5.41) is 12.7. The minimum atomic E-state index is 0. The van der Waals surface area contributed by atoms with Gasteiger partial charge in [0.2, 0.25) is 0 Å². The van der Waals surface area contributed by atoms with Crippen LogP contribution in [-0.4, -0.2) is 86.0 Å². The maximum Gasteiger partial charge on any atom is 0.167 e. The molecule has 1 fully saturated rings. The minimum absolute atomic E-state index is 0. The van der Waals surface area contributed by atoms with Gasteiger partial charge in [-0.2, -0.15) is 10.2 Å². The van der Waals surface area contributed by atoms with Gasteiger partial charge in [-0.3, -0.25) is 10.00 Å². The first-order valence-corrected chi connectivity index (χ1v) is 12.9. The molecule has 0 radical (unpaired) electrons. The Hall–Kier alpha value is -3.60. The summed E-state index contributed by atoms with van der Waals surface area (Å²) >= 11 is 1.59. The molecule has 0 spiro atoms.